The highest BCUT2D eigenvalue weighted by Gasteiger charge is 2.23. The lowest BCUT2D eigenvalue weighted by molar-refractivity contribution is -0.123. The van der Waals surface area contributed by atoms with Gasteiger partial charge in [0, 0.05) is 29.1 Å². The van der Waals surface area contributed by atoms with Gasteiger partial charge in [-0.1, -0.05) is 18.5 Å². The molecule has 0 spiro atoms. The van der Waals surface area contributed by atoms with Crippen molar-refractivity contribution < 1.29 is 10.0 Å². The van der Waals surface area contributed by atoms with Crippen molar-refractivity contribution in [2.45, 2.75) is 25.0 Å². The molecule has 1 aliphatic rings. The van der Waals surface area contributed by atoms with Crippen LogP contribution in [0.4, 0.5) is 0 Å². The van der Waals surface area contributed by atoms with Crippen molar-refractivity contribution in [1.82, 2.24) is 5.32 Å². The SMILES string of the molecule is CCCC(C(=O)NCC1CSCCS1)C(N)=NO. The van der Waals surface area contributed by atoms with Crippen LogP contribution in [0, 0.1) is 5.92 Å². The topological polar surface area (TPSA) is 87.7 Å². The first-order valence-corrected chi connectivity index (χ1v) is 8.33. The van der Waals surface area contributed by atoms with E-state index in [4.69, 9.17) is 10.9 Å². The van der Waals surface area contributed by atoms with Gasteiger partial charge in [-0.2, -0.15) is 23.5 Å². The Morgan fingerprint density at radius 3 is 2.94 bits per heavy atom. The molecule has 1 fully saturated rings. The van der Waals surface area contributed by atoms with Crippen LogP contribution in [0.2, 0.25) is 0 Å². The van der Waals surface area contributed by atoms with Crippen LogP contribution in [0.15, 0.2) is 5.16 Å². The molecule has 0 saturated carbocycles. The molecule has 0 bridgehead atoms. The molecular weight excluding hydrogens is 270 g/mol. The molecule has 7 heteroatoms. The first-order valence-electron chi connectivity index (χ1n) is 6.13. The summed E-state index contributed by atoms with van der Waals surface area (Å²) >= 11 is 3.82. The van der Waals surface area contributed by atoms with E-state index >= 15 is 0 Å². The van der Waals surface area contributed by atoms with E-state index in [1.807, 2.05) is 30.4 Å². The third kappa shape index (κ3) is 4.97. The van der Waals surface area contributed by atoms with Crippen molar-refractivity contribution in [3.05, 3.63) is 0 Å². The monoisotopic (exact) mass is 291 g/mol. The molecule has 4 N–H and O–H groups in total. The summed E-state index contributed by atoms with van der Waals surface area (Å²) in [5.74, 6) is 2.76. The lowest BCUT2D eigenvalue weighted by Gasteiger charge is -2.22. The summed E-state index contributed by atoms with van der Waals surface area (Å²) in [6, 6.07) is 0. The van der Waals surface area contributed by atoms with Crippen molar-refractivity contribution in [3.63, 3.8) is 0 Å². The molecule has 0 aromatic rings. The smallest absolute Gasteiger partial charge is 0.230 e. The molecule has 0 aliphatic carbocycles. The van der Waals surface area contributed by atoms with Crippen molar-refractivity contribution in [2.24, 2.45) is 16.8 Å². The molecule has 0 radical (unpaired) electrons. The summed E-state index contributed by atoms with van der Waals surface area (Å²) in [6.45, 7) is 2.63. The van der Waals surface area contributed by atoms with Crippen LogP contribution < -0.4 is 11.1 Å². The standard InChI is InChI=1S/C11H21N3O2S2/c1-2-3-9(10(12)14-16)11(15)13-6-8-7-17-4-5-18-8/h8-9,16H,2-7H2,1H3,(H2,12,14)(H,13,15). The number of carbonyl (C=O) groups excluding carboxylic acids is 1. The number of carbonyl (C=O) groups is 1. The molecule has 2 atom stereocenters. The van der Waals surface area contributed by atoms with Gasteiger partial charge in [-0.25, -0.2) is 0 Å². The van der Waals surface area contributed by atoms with Crippen LogP contribution in [-0.4, -0.2) is 46.0 Å². The normalized spacial score (nSPS) is 22.5. The zero-order valence-corrected chi connectivity index (χ0v) is 12.2. The van der Waals surface area contributed by atoms with E-state index in [-0.39, 0.29) is 11.7 Å². The minimum atomic E-state index is -0.513. The number of oxime groups is 1. The van der Waals surface area contributed by atoms with E-state index in [9.17, 15) is 4.79 Å². The number of hydrogen-bond donors (Lipinski definition) is 3. The Balaban J connectivity index is 2.40. The van der Waals surface area contributed by atoms with Gasteiger partial charge in [-0.05, 0) is 6.42 Å². The molecular formula is C11H21N3O2S2. The average molecular weight is 291 g/mol. The predicted molar refractivity (Wildman–Crippen MR) is 78.4 cm³/mol. The summed E-state index contributed by atoms with van der Waals surface area (Å²) < 4.78 is 0. The van der Waals surface area contributed by atoms with Crippen LogP contribution in [0.3, 0.4) is 0 Å². The van der Waals surface area contributed by atoms with E-state index in [0.29, 0.717) is 18.2 Å². The summed E-state index contributed by atoms with van der Waals surface area (Å²) in [5, 5.41) is 15.0. The number of rotatable bonds is 6. The Morgan fingerprint density at radius 2 is 2.39 bits per heavy atom. The molecule has 5 nitrogen and oxygen atoms in total. The van der Waals surface area contributed by atoms with Gasteiger partial charge in [0.2, 0.25) is 5.91 Å². The van der Waals surface area contributed by atoms with Gasteiger partial charge in [0.1, 0.15) is 0 Å². The lowest BCUT2D eigenvalue weighted by atomic mass is 10.0. The van der Waals surface area contributed by atoms with Crippen molar-refractivity contribution in [2.75, 3.05) is 23.8 Å². The fourth-order valence-corrected chi connectivity index (χ4v) is 4.38. The Morgan fingerprint density at radius 1 is 1.61 bits per heavy atom. The van der Waals surface area contributed by atoms with Crippen LogP contribution in [0.1, 0.15) is 19.8 Å². The van der Waals surface area contributed by atoms with Crippen LogP contribution >= 0.6 is 23.5 Å². The Kier molecular flexibility index (Phi) is 7.34. The molecule has 104 valence electrons. The van der Waals surface area contributed by atoms with E-state index in [1.165, 1.54) is 5.75 Å². The number of nitrogens with two attached hydrogens (primary N) is 1. The minimum absolute atomic E-state index is 0.0000206. The van der Waals surface area contributed by atoms with Crippen molar-refractivity contribution in [3.8, 4) is 0 Å². The molecule has 0 aromatic heterocycles. The second-order valence-electron chi connectivity index (χ2n) is 4.18. The van der Waals surface area contributed by atoms with Crippen molar-refractivity contribution >= 4 is 35.3 Å². The summed E-state index contributed by atoms with van der Waals surface area (Å²) in [4.78, 5) is 12.0. The third-order valence-corrected chi connectivity index (χ3v) is 5.60. The zero-order valence-electron chi connectivity index (χ0n) is 10.6. The van der Waals surface area contributed by atoms with E-state index < -0.39 is 5.92 Å². The highest BCUT2D eigenvalue weighted by atomic mass is 32.2. The molecule has 1 rings (SSSR count). The van der Waals surface area contributed by atoms with Gasteiger partial charge < -0.3 is 16.3 Å². The maximum absolute atomic E-state index is 12.0. The number of nitrogens with one attached hydrogen (secondary N) is 1. The highest BCUT2D eigenvalue weighted by molar-refractivity contribution is 8.06. The van der Waals surface area contributed by atoms with Crippen LogP contribution in [0.5, 0.6) is 0 Å². The minimum Gasteiger partial charge on any atom is -0.409 e. The molecule has 1 amide bonds. The second kappa shape index (κ2) is 8.53. The summed E-state index contributed by atoms with van der Waals surface area (Å²) in [7, 11) is 0. The molecule has 18 heavy (non-hydrogen) atoms. The molecule has 1 saturated heterocycles. The lowest BCUT2D eigenvalue weighted by Crippen LogP contribution is -2.42. The van der Waals surface area contributed by atoms with Crippen LogP contribution in [-0.2, 0) is 4.79 Å². The number of amidine groups is 1. The first kappa shape index (κ1) is 15.5. The molecule has 2 unspecified atom stereocenters. The number of nitrogens with zero attached hydrogens (tertiary/aromatic N) is 1. The maximum Gasteiger partial charge on any atom is 0.230 e. The predicted octanol–water partition coefficient (Wildman–Crippen LogP) is 1.11. The van der Waals surface area contributed by atoms with E-state index in [1.54, 1.807) is 0 Å². The maximum atomic E-state index is 12.0. The molecule has 1 aliphatic heterocycles. The highest BCUT2D eigenvalue weighted by Crippen LogP contribution is 2.23. The number of hydrogen-bond acceptors (Lipinski definition) is 5. The van der Waals surface area contributed by atoms with Crippen LogP contribution in [0.25, 0.3) is 0 Å². The van der Waals surface area contributed by atoms with Gasteiger partial charge in [-0.15, -0.1) is 0 Å². The largest absolute Gasteiger partial charge is 0.409 e. The van der Waals surface area contributed by atoms with Gasteiger partial charge in [0.15, 0.2) is 5.84 Å². The van der Waals surface area contributed by atoms with Crippen molar-refractivity contribution in [1.29, 1.82) is 0 Å². The van der Waals surface area contributed by atoms with Gasteiger partial charge >= 0.3 is 0 Å². The fraction of sp³-hybridized carbons (Fsp3) is 0.818. The van der Waals surface area contributed by atoms with E-state index in [2.05, 4.69) is 10.5 Å². The quantitative estimate of drug-likeness (QED) is 0.295. The zero-order chi connectivity index (χ0) is 13.4. The Hall–Kier alpha value is -0.560. The fourth-order valence-electron chi connectivity index (χ4n) is 1.76. The molecule has 1 heterocycles. The average Bonchev–Trinajstić information content (AvgIpc) is 2.42. The van der Waals surface area contributed by atoms with Gasteiger partial charge in [0.05, 0.1) is 5.92 Å². The first-order chi connectivity index (χ1) is 8.69. The summed E-state index contributed by atoms with van der Waals surface area (Å²) in [5.41, 5.74) is 5.54. The van der Waals surface area contributed by atoms with Gasteiger partial charge in [0.25, 0.3) is 0 Å². The van der Waals surface area contributed by atoms with E-state index in [0.717, 1.165) is 17.9 Å². The number of amides is 1. The second-order valence-corrected chi connectivity index (χ2v) is 6.74. The Labute approximate surface area is 116 Å². The molecule has 0 aromatic carbocycles. The third-order valence-electron chi connectivity index (χ3n) is 2.76. The Bertz CT molecular complexity index is 294. The van der Waals surface area contributed by atoms with Gasteiger partial charge in [-0.3, -0.25) is 4.79 Å². The number of thioether (sulfide) groups is 2. The summed E-state index contributed by atoms with van der Waals surface area (Å²) in [6.07, 6.45) is 1.43.